The number of hydrogen-bond acceptors (Lipinski definition) is 4. The van der Waals surface area contributed by atoms with Crippen molar-refractivity contribution in [3.63, 3.8) is 0 Å². The second-order valence-corrected chi connectivity index (χ2v) is 6.72. The molecule has 0 radical (unpaired) electrons. The second kappa shape index (κ2) is 8.36. The molecule has 0 aromatic heterocycles. The molecule has 1 aromatic carbocycles. The number of nitrogens with zero attached hydrogens (tertiary/aromatic N) is 1. The van der Waals surface area contributed by atoms with Gasteiger partial charge in [0, 0.05) is 12.2 Å². The monoisotopic (exact) mass is 357 g/mol. The predicted octanol–water partition coefficient (Wildman–Crippen LogP) is 2.52. The molecule has 2 heterocycles. The van der Waals surface area contributed by atoms with Gasteiger partial charge in [-0.05, 0) is 50.4 Å². The van der Waals surface area contributed by atoms with E-state index in [1.54, 1.807) is 6.92 Å². The fourth-order valence-corrected chi connectivity index (χ4v) is 3.55. The van der Waals surface area contributed by atoms with Crippen molar-refractivity contribution in [1.82, 2.24) is 15.5 Å². The average molecular weight is 357 g/mol. The maximum atomic E-state index is 12.7. The molecule has 0 bridgehead atoms. The lowest BCUT2D eigenvalue weighted by molar-refractivity contribution is -0.139. The van der Waals surface area contributed by atoms with Crippen LogP contribution in [0.2, 0.25) is 0 Å². The van der Waals surface area contributed by atoms with Gasteiger partial charge < -0.3 is 15.4 Å². The largest absolute Gasteiger partial charge is 0.463 e. The molecule has 2 aliphatic rings. The summed E-state index contributed by atoms with van der Waals surface area (Å²) in [4.78, 5) is 27.2. The summed E-state index contributed by atoms with van der Waals surface area (Å²) in [6, 6.07) is 7.24. The summed E-state index contributed by atoms with van der Waals surface area (Å²) < 4.78 is 5.30. The van der Waals surface area contributed by atoms with Gasteiger partial charge in [0.2, 0.25) is 0 Å². The summed E-state index contributed by atoms with van der Waals surface area (Å²) in [5, 5.41) is 5.73. The van der Waals surface area contributed by atoms with E-state index in [0.717, 1.165) is 37.9 Å². The van der Waals surface area contributed by atoms with Gasteiger partial charge in [-0.25, -0.2) is 9.59 Å². The zero-order chi connectivity index (χ0) is 18.5. The predicted molar refractivity (Wildman–Crippen MR) is 99.6 cm³/mol. The highest BCUT2D eigenvalue weighted by molar-refractivity contribution is 5.95. The van der Waals surface area contributed by atoms with E-state index in [1.165, 1.54) is 5.56 Å². The zero-order valence-corrected chi connectivity index (χ0v) is 15.5. The van der Waals surface area contributed by atoms with Gasteiger partial charge in [-0.1, -0.05) is 31.2 Å². The molecule has 3 rings (SSSR count). The summed E-state index contributed by atoms with van der Waals surface area (Å²) in [5.74, 6) is -0.376. The SMILES string of the molecule is CCOC(=O)C1=C(CN2CCCC2)NC(=O)N[C@H]1c1ccc(CC)cc1. The van der Waals surface area contributed by atoms with E-state index < -0.39 is 6.04 Å². The smallest absolute Gasteiger partial charge is 0.338 e. The molecule has 1 atom stereocenters. The second-order valence-electron chi connectivity index (χ2n) is 6.72. The Balaban J connectivity index is 1.97. The number of esters is 1. The minimum atomic E-state index is -0.494. The molecule has 1 aromatic rings. The van der Waals surface area contributed by atoms with E-state index in [4.69, 9.17) is 4.74 Å². The molecule has 6 nitrogen and oxygen atoms in total. The third-order valence-corrected chi connectivity index (χ3v) is 4.95. The zero-order valence-electron chi connectivity index (χ0n) is 15.5. The Kier molecular flexibility index (Phi) is 5.93. The van der Waals surface area contributed by atoms with Gasteiger partial charge in [0.25, 0.3) is 0 Å². The number of rotatable bonds is 6. The van der Waals surface area contributed by atoms with Crippen molar-refractivity contribution >= 4 is 12.0 Å². The van der Waals surface area contributed by atoms with Gasteiger partial charge in [-0.2, -0.15) is 0 Å². The first-order valence-corrected chi connectivity index (χ1v) is 9.41. The number of nitrogens with one attached hydrogen (secondary N) is 2. The highest BCUT2D eigenvalue weighted by Gasteiger charge is 2.34. The van der Waals surface area contributed by atoms with Crippen LogP contribution in [0.4, 0.5) is 4.79 Å². The molecular formula is C20H27N3O3. The number of ether oxygens (including phenoxy) is 1. The lowest BCUT2D eigenvalue weighted by Gasteiger charge is -2.31. The summed E-state index contributed by atoms with van der Waals surface area (Å²) in [6.07, 6.45) is 3.24. The lowest BCUT2D eigenvalue weighted by atomic mass is 9.94. The van der Waals surface area contributed by atoms with Gasteiger partial charge in [0.05, 0.1) is 18.2 Å². The van der Waals surface area contributed by atoms with Crippen molar-refractivity contribution in [3.05, 3.63) is 46.7 Å². The van der Waals surface area contributed by atoms with Crippen LogP contribution in [0, 0.1) is 0 Å². The van der Waals surface area contributed by atoms with E-state index in [0.29, 0.717) is 24.4 Å². The molecule has 1 fully saturated rings. The third-order valence-electron chi connectivity index (χ3n) is 4.95. The Morgan fingerprint density at radius 3 is 2.50 bits per heavy atom. The maximum Gasteiger partial charge on any atom is 0.338 e. The Morgan fingerprint density at radius 2 is 1.88 bits per heavy atom. The molecule has 140 valence electrons. The molecule has 0 unspecified atom stereocenters. The fourth-order valence-electron chi connectivity index (χ4n) is 3.55. The maximum absolute atomic E-state index is 12.7. The standard InChI is InChI=1S/C20H27N3O3/c1-3-14-7-9-15(10-8-14)18-17(19(24)26-4-2)16(21-20(25)22-18)13-23-11-5-6-12-23/h7-10,18H,3-6,11-13H2,1-2H3,(H2,21,22,25)/t18-/m0/s1. The van der Waals surface area contributed by atoms with Crippen LogP contribution < -0.4 is 10.6 Å². The number of likely N-dealkylation sites (tertiary alicyclic amines) is 1. The minimum Gasteiger partial charge on any atom is -0.463 e. The first kappa shape index (κ1) is 18.5. The van der Waals surface area contributed by atoms with Gasteiger partial charge in [-0.15, -0.1) is 0 Å². The number of urea groups is 1. The van der Waals surface area contributed by atoms with E-state index in [9.17, 15) is 9.59 Å². The molecule has 2 amide bonds. The number of carbonyl (C=O) groups is 2. The van der Waals surface area contributed by atoms with E-state index in [-0.39, 0.29) is 12.0 Å². The van der Waals surface area contributed by atoms with Crippen molar-refractivity contribution in [2.24, 2.45) is 0 Å². The summed E-state index contributed by atoms with van der Waals surface area (Å²) >= 11 is 0. The number of aryl methyl sites for hydroxylation is 1. The van der Waals surface area contributed by atoms with Crippen LogP contribution in [0.3, 0.4) is 0 Å². The average Bonchev–Trinajstić information content (AvgIpc) is 3.14. The van der Waals surface area contributed by atoms with Gasteiger partial charge in [0.1, 0.15) is 0 Å². The van der Waals surface area contributed by atoms with Crippen molar-refractivity contribution < 1.29 is 14.3 Å². The van der Waals surface area contributed by atoms with Crippen molar-refractivity contribution in [1.29, 1.82) is 0 Å². The van der Waals surface area contributed by atoms with Crippen LogP contribution in [0.5, 0.6) is 0 Å². The molecule has 0 saturated carbocycles. The Morgan fingerprint density at radius 1 is 1.19 bits per heavy atom. The quantitative estimate of drug-likeness (QED) is 0.768. The molecule has 6 heteroatoms. The number of hydrogen-bond donors (Lipinski definition) is 2. The first-order chi connectivity index (χ1) is 12.6. The highest BCUT2D eigenvalue weighted by Crippen LogP contribution is 2.29. The normalized spacial score (nSPS) is 20.7. The lowest BCUT2D eigenvalue weighted by Crippen LogP contribution is -2.48. The van der Waals surface area contributed by atoms with Gasteiger partial charge in [-0.3, -0.25) is 4.90 Å². The molecular weight excluding hydrogens is 330 g/mol. The van der Waals surface area contributed by atoms with Crippen LogP contribution in [-0.2, 0) is 16.0 Å². The highest BCUT2D eigenvalue weighted by atomic mass is 16.5. The minimum absolute atomic E-state index is 0.281. The van der Waals surface area contributed by atoms with Crippen LogP contribution in [0.15, 0.2) is 35.5 Å². The Bertz CT molecular complexity index is 691. The third kappa shape index (κ3) is 4.07. The molecule has 0 spiro atoms. The van der Waals surface area contributed by atoms with Crippen LogP contribution in [0.1, 0.15) is 43.9 Å². The molecule has 2 aliphatic heterocycles. The Labute approximate surface area is 154 Å². The van der Waals surface area contributed by atoms with Gasteiger partial charge >= 0.3 is 12.0 Å². The summed E-state index contributed by atoms with van der Waals surface area (Å²) in [7, 11) is 0. The molecule has 0 aliphatic carbocycles. The molecule has 26 heavy (non-hydrogen) atoms. The van der Waals surface area contributed by atoms with E-state index >= 15 is 0 Å². The first-order valence-electron chi connectivity index (χ1n) is 9.41. The van der Waals surface area contributed by atoms with Crippen LogP contribution in [0.25, 0.3) is 0 Å². The Hall–Kier alpha value is -2.34. The van der Waals surface area contributed by atoms with E-state index in [2.05, 4.69) is 22.5 Å². The van der Waals surface area contributed by atoms with Crippen molar-refractivity contribution in [2.75, 3.05) is 26.2 Å². The number of carbonyl (C=O) groups excluding carboxylic acids is 2. The molecule has 1 saturated heterocycles. The van der Waals surface area contributed by atoms with Crippen molar-refractivity contribution in [2.45, 2.75) is 39.2 Å². The van der Waals surface area contributed by atoms with Gasteiger partial charge in [0.15, 0.2) is 0 Å². The summed E-state index contributed by atoms with van der Waals surface area (Å²) in [6.45, 7) is 6.72. The molecule has 2 N–H and O–H groups in total. The number of benzene rings is 1. The van der Waals surface area contributed by atoms with Crippen LogP contribution in [-0.4, -0.2) is 43.1 Å². The number of amides is 2. The summed E-state index contributed by atoms with van der Waals surface area (Å²) in [5.41, 5.74) is 3.26. The van der Waals surface area contributed by atoms with E-state index in [1.807, 2.05) is 24.3 Å². The fraction of sp³-hybridized carbons (Fsp3) is 0.500. The van der Waals surface area contributed by atoms with Crippen molar-refractivity contribution in [3.8, 4) is 0 Å². The van der Waals surface area contributed by atoms with Crippen LogP contribution >= 0.6 is 0 Å². The topological polar surface area (TPSA) is 70.7 Å².